The lowest BCUT2D eigenvalue weighted by Crippen LogP contribution is -2.27. The third-order valence-corrected chi connectivity index (χ3v) is 3.80. The standard InChI is InChI=1S/C18H16N8O/c27-18(17-13-22-26(24-17)14-4-2-1-3-5-14)21-9-11-25-10-6-15(23-25)16-12-19-7-8-20-16/h1-8,10,12-13H,9,11H2,(H,21,27). The third kappa shape index (κ3) is 3.87. The zero-order valence-corrected chi connectivity index (χ0v) is 14.3. The Kier molecular flexibility index (Phi) is 4.64. The second kappa shape index (κ2) is 7.56. The van der Waals surface area contributed by atoms with E-state index < -0.39 is 0 Å². The lowest BCUT2D eigenvalue weighted by molar-refractivity contribution is 0.0946. The highest BCUT2D eigenvalue weighted by Gasteiger charge is 2.11. The Morgan fingerprint density at radius 3 is 2.70 bits per heavy atom. The molecule has 4 aromatic rings. The van der Waals surface area contributed by atoms with E-state index in [1.165, 1.54) is 11.0 Å². The molecule has 4 rings (SSSR count). The van der Waals surface area contributed by atoms with Gasteiger partial charge in [-0.1, -0.05) is 18.2 Å². The van der Waals surface area contributed by atoms with Crippen LogP contribution in [0.1, 0.15) is 10.5 Å². The first-order chi connectivity index (χ1) is 13.3. The number of carbonyl (C=O) groups is 1. The minimum atomic E-state index is -0.279. The van der Waals surface area contributed by atoms with Crippen molar-refractivity contribution >= 4 is 5.91 Å². The van der Waals surface area contributed by atoms with E-state index in [1.807, 2.05) is 42.6 Å². The highest BCUT2D eigenvalue weighted by molar-refractivity contribution is 5.91. The number of aromatic nitrogens is 7. The molecule has 0 aliphatic carbocycles. The van der Waals surface area contributed by atoms with Gasteiger partial charge in [0.15, 0.2) is 5.69 Å². The summed E-state index contributed by atoms with van der Waals surface area (Å²) in [7, 11) is 0. The molecule has 1 N–H and O–H groups in total. The zero-order valence-electron chi connectivity index (χ0n) is 14.3. The minimum absolute atomic E-state index is 0.263. The summed E-state index contributed by atoms with van der Waals surface area (Å²) in [6.07, 6.45) is 8.18. The fraction of sp³-hybridized carbons (Fsp3) is 0.111. The molecule has 0 bridgehead atoms. The number of nitrogens with zero attached hydrogens (tertiary/aromatic N) is 7. The second-order valence-electron chi connectivity index (χ2n) is 5.67. The van der Waals surface area contributed by atoms with Crippen molar-refractivity contribution < 1.29 is 4.79 Å². The van der Waals surface area contributed by atoms with E-state index in [0.717, 1.165) is 11.4 Å². The van der Waals surface area contributed by atoms with Gasteiger partial charge in [0, 0.05) is 25.1 Å². The molecule has 134 valence electrons. The first-order valence-electron chi connectivity index (χ1n) is 8.35. The van der Waals surface area contributed by atoms with Crippen LogP contribution in [-0.2, 0) is 6.54 Å². The number of hydrogen-bond acceptors (Lipinski definition) is 6. The smallest absolute Gasteiger partial charge is 0.273 e. The topological polar surface area (TPSA) is 103 Å². The van der Waals surface area contributed by atoms with Crippen molar-refractivity contribution in [1.82, 2.24) is 40.1 Å². The summed E-state index contributed by atoms with van der Waals surface area (Å²) >= 11 is 0. The van der Waals surface area contributed by atoms with Crippen molar-refractivity contribution in [2.75, 3.05) is 6.54 Å². The summed E-state index contributed by atoms with van der Waals surface area (Å²) in [6.45, 7) is 0.942. The van der Waals surface area contributed by atoms with E-state index in [2.05, 4.69) is 30.6 Å². The van der Waals surface area contributed by atoms with Crippen molar-refractivity contribution in [3.8, 4) is 17.1 Å². The average molecular weight is 360 g/mol. The van der Waals surface area contributed by atoms with Crippen molar-refractivity contribution in [2.45, 2.75) is 6.54 Å². The number of para-hydroxylation sites is 1. The average Bonchev–Trinajstić information content (AvgIpc) is 3.39. The zero-order chi connectivity index (χ0) is 18.5. The Labute approximate surface area is 154 Å². The van der Waals surface area contributed by atoms with Crippen molar-refractivity contribution in [3.63, 3.8) is 0 Å². The third-order valence-electron chi connectivity index (χ3n) is 3.80. The molecule has 0 spiro atoms. The summed E-state index contributed by atoms with van der Waals surface area (Å²) in [4.78, 5) is 21.9. The Hall–Kier alpha value is -3.88. The number of carbonyl (C=O) groups excluding carboxylic acids is 1. The number of nitrogens with one attached hydrogen (secondary N) is 1. The summed E-state index contributed by atoms with van der Waals surface area (Å²) in [5, 5.41) is 15.6. The maximum Gasteiger partial charge on any atom is 0.273 e. The first kappa shape index (κ1) is 16.6. The molecule has 0 atom stereocenters. The van der Waals surface area contributed by atoms with Gasteiger partial charge < -0.3 is 5.32 Å². The number of amides is 1. The quantitative estimate of drug-likeness (QED) is 0.557. The Morgan fingerprint density at radius 2 is 1.89 bits per heavy atom. The molecule has 0 radical (unpaired) electrons. The number of rotatable bonds is 6. The van der Waals surface area contributed by atoms with Crippen LogP contribution in [0.15, 0.2) is 67.4 Å². The fourth-order valence-corrected chi connectivity index (χ4v) is 2.48. The Morgan fingerprint density at radius 1 is 1.00 bits per heavy atom. The SMILES string of the molecule is O=C(NCCn1ccc(-c2cnccn2)n1)c1cnn(-c2ccccc2)n1. The molecule has 0 unspecified atom stereocenters. The van der Waals surface area contributed by atoms with Gasteiger partial charge in [0.1, 0.15) is 11.4 Å². The van der Waals surface area contributed by atoms with Gasteiger partial charge in [-0.3, -0.25) is 19.4 Å². The van der Waals surface area contributed by atoms with Crippen molar-refractivity contribution in [3.05, 3.63) is 73.1 Å². The van der Waals surface area contributed by atoms with Crippen LogP contribution in [0.4, 0.5) is 0 Å². The van der Waals surface area contributed by atoms with Crippen LogP contribution in [0, 0.1) is 0 Å². The predicted octanol–water partition coefficient (Wildman–Crippen LogP) is 1.35. The molecule has 0 saturated carbocycles. The Balaban J connectivity index is 1.33. The van der Waals surface area contributed by atoms with Gasteiger partial charge in [0.05, 0.1) is 24.6 Å². The Bertz CT molecular complexity index is 1030. The van der Waals surface area contributed by atoms with Crippen LogP contribution in [-0.4, -0.2) is 47.2 Å². The summed E-state index contributed by atoms with van der Waals surface area (Å²) < 4.78 is 1.74. The molecule has 1 aromatic carbocycles. The van der Waals surface area contributed by atoms with E-state index in [4.69, 9.17) is 0 Å². The van der Waals surface area contributed by atoms with E-state index in [-0.39, 0.29) is 11.6 Å². The molecule has 0 fully saturated rings. The molecule has 9 nitrogen and oxygen atoms in total. The van der Waals surface area contributed by atoms with Gasteiger partial charge in [0.2, 0.25) is 0 Å². The van der Waals surface area contributed by atoms with Crippen LogP contribution in [0.2, 0.25) is 0 Å². The van der Waals surface area contributed by atoms with Gasteiger partial charge in [-0.25, -0.2) is 0 Å². The second-order valence-corrected chi connectivity index (χ2v) is 5.67. The summed E-state index contributed by atoms with van der Waals surface area (Å²) in [5.41, 5.74) is 2.50. The van der Waals surface area contributed by atoms with Crippen molar-refractivity contribution in [1.29, 1.82) is 0 Å². The number of hydrogen-bond donors (Lipinski definition) is 1. The predicted molar refractivity (Wildman–Crippen MR) is 96.9 cm³/mol. The molecule has 0 aliphatic rings. The maximum absolute atomic E-state index is 12.2. The summed E-state index contributed by atoms with van der Waals surface area (Å²) in [6, 6.07) is 11.3. The molecule has 27 heavy (non-hydrogen) atoms. The van der Waals surface area contributed by atoms with E-state index in [9.17, 15) is 4.79 Å². The van der Waals surface area contributed by atoms with Crippen LogP contribution in [0.3, 0.4) is 0 Å². The van der Waals surface area contributed by atoms with E-state index >= 15 is 0 Å². The largest absolute Gasteiger partial charge is 0.349 e. The normalized spacial score (nSPS) is 10.7. The highest BCUT2D eigenvalue weighted by Crippen LogP contribution is 2.11. The molecule has 3 heterocycles. The fourth-order valence-electron chi connectivity index (χ4n) is 2.48. The summed E-state index contributed by atoms with van der Waals surface area (Å²) in [5.74, 6) is -0.279. The van der Waals surface area contributed by atoms with E-state index in [0.29, 0.717) is 18.8 Å². The van der Waals surface area contributed by atoms with Gasteiger partial charge in [-0.2, -0.15) is 15.0 Å². The van der Waals surface area contributed by atoms with Crippen LogP contribution in [0.5, 0.6) is 0 Å². The molecule has 1 amide bonds. The lowest BCUT2D eigenvalue weighted by Gasteiger charge is -2.03. The van der Waals surface area contributed by atoms with Gasteiger partial charge in [0.25, 0.3) is 5.91 Å². The van der Waals surface area contributed by atoms with E-state index in [1.54, 1.807) is 23.3 Å². The maximum atomic E-state index is 12.2. The molecule has 9 heteroatoms. The van der Waals surface area contributed by atoms with Gasteiger partial charge >= 0.3 is 0 Å². The lowest BCUT2D eigenvalue weighted by atomic mass is 10.3. The minimum Gasteiger partial charge on any atom is -0.349 e. The van der Waals surface area contributed by atoms with Crippen LogP contribution >= 0.6 is 0 Å². The molecule has 0 aliphatic heterocycles. The molecule has 0 saturated heterocycles. The van der Waals surface area contributed by atoms with Crippen molar-refractivity contribution in [2.24, 2.45) is 0 Å². The highest BCUT2D eigenvalue weighted by atomic mass is 16.2. The monoisotopic (exact) mass is 360 g/mol. The molecule has 3 aromatic heterocycles. The number of benzene rings is 1. The van der Waals surface area contributed by atoms with Crippen LogP contribution < -0.4 is 5.32 Å². The molecular formula is C18H16N8O. The van der Waals surface area contributed by atoms with Gasteiger partial charge in [-0.15, -0.1) is 5.10 Å². The first-order valence-corrected chi connectivity index (χ1v) is 8.35. The van der Waals surface area contributed by atoms with Gasteiger partial charge in [-0.05, 0) is 18.2 Å². The molecular weight excluding hydrogens is 344 g/mol. The van der Waals surface area contributed by atoms with Crippen LogP contribution in [0.25, 0.3) is 17.1 Å².